The summed E-state index contributed by atoms with van der Waals surface area (Å²) in [6.45, 7) is 3.44. The SMILES string of the molecule is CCC/C=C/CCCCC/C=C(\O)OC(C)=O. The van der Waals surface area contributed by atoms with Crippen molar-refractivity contribution in [1.29, 1.82) is 0 Å². The summed E-state index contributed by atoms with van der Waals surface area (Å²) in [6, 6.07) is 0. The lowest BCUT2D eigenvalue weighted by Crippen LogP contribution is -1.97. The number of allylic oxidation sites excluding steroid dienone is 3. The van der Waals surface area contributed by atoms with Crippen LogP contribution in [-0.2, 0) is 9.53 Å². The van der Waals surface area contributed by atoms with Crippen LogP contribution in [-0.4, -0.2) is 11.1 Å². The molecule has 0 unspecified atom stereocenters. The van der Waals surface area contributed by atoms with Gasteiger partial charge in [0.1, 0.15) is 0 Å². The molecule has 0 aliphatic rings. The molecule has 3 heteroatoms. The fraction of sp³-hybridized carbons (Fsp3) is 0.643. The van der Waals surface area contributed by atoms with Crippen LogP contribution in [0, 0.1) is 0 Å². The van der Waals surface area contributed by atoms with Crippen molar-refractivity contribution in [3.05, 3.63) is 24.2 Å². The maximum atomic E-state index is 10.5. The summed E-state index contributed by atoms with van der Waals surface area (Å²) >= 11 is 0. The molecule has 1 N–H and O–H groups in total. The summed E-state index contributed by atoms with van der Waals surface area (Å²) in [5.41, 5.74) is 0. The molecule has 0 radical (unpaired) electrons. The Hall–Kier alpha value is -1.25. The Bertz CT molecular complexity index is 254. The topological polar surface area (TPSA) is 46.5 Å². The second kappa shape index (κ2) is 11.2. The molecule has 0 spiro atoms. The van der Waals surface area contributed by atoms with Gasteiger partial charge in [0, 0.05) is 6.92 Å². The predicted molar refractivity (Wildman–Crippen MR) is 69.6 cm³/mol. The van der Waals surface area contributed by atoms with E-state index in [4.69, 9.17) is 5.11 Å². The molecule has 98 valence electrons. The predicted octanol–water partition coefficient (Wildman–Crippen LogP) is 4.26. The first-order valence-corrected chi connectivity index (χ1v) is 6.39. The number of carbonyl (C=O) groups is 1. The van der Waals surface area contributed by atoms with Crippen LogP contribution < -0.4 is 0 Å². The number of aliphatic hydroxyl groups is 1. The highest BCUT2D eigenvalue weighted by Crippen LogP contribution is 2.06. The summed E-state index contributed by atoms with van der Waals surface area (Å²) < 4.78 is 4.49. The van der Waals surface area contributed by atoms with Gasteiger partial charge in [-0.05, 0) is 38.2 Å². The molecule has 0 fully saturated rings. The molecule has 0 saturated heterocycles. The first-order valence-electron chi connectivity index (χ1n) is 6.39. The van der Waals surface area contributed by atoms with Gasteiger partial charge in [-0.1, -0.05) is 31.9 Å². The average Bonchev–Trinajstić information content (AvgIpc) is 2.26. The van der Waals surface area contributed by atoms with E-state index < -0.39 is 5.97 Å². The molecule has 0 atom stereocenters. The molecule has 17 heavy (non-hydrogen) atoms. The summed E-state index contributed by atoms with van der Waals surface area (Å²) in [7, 11) is 0. The highest BCUT2D eigenvalue weighted by molar-refractivity contribution is 5.66. The number of carbonyl (C=O) groups excluding carboxylic acids is 1. The fourth-order valence-electron chi connectivity index (χ4n) is 1.40. The van der Waals surface area contributed by atoms with Gasteiger partial charge < -0.3 is 9.84 Å². The van der Waals surface area contributed by atoms with E-state index in [0.29, 0.717) is 0 Å². The molecule has 3 nitrogen and oxygen atoms in total. The van der Waals surface area contributed by atoms with Gasteiger partial charge in [0.2, 0.25) is 0 Å². The highest BCUT2D eigenvalue weighted by atomic mass is 16.6. The quantitative estimate of drug-likeness (QED) is 0.283. The Balaban J connectivity index is 3.37. The fourth-order valence-corrected chi connectivity index (χ4v) is 1.40. The number of rotatable bonds is 9. The Kier molecular flexibility index (Phi) is 10.4. The van der Waals surface area contributed by atoms with E-state index in [0.717, 1.165) is 25.7 Å². The monoisotopic (exact) mass is 240 g/mol. The zero-order valence-electron chi connectivity index (χ0n) is 10.9. The second-order valence-electron chi connectivity index (χ2n) is 4.03. The van der Waals surface area contributed by atoms with Crippen LogP contribution >= 0.6 is 0 Å². The largest absolute Gasteiger partial charge is 0.481 e. The maximum Gasteiger partial charge on any atom is 0.310 e. The minimum atomic E-state index is -0.486. The molecule has 0 aromatic carbocycles. The van der Waals surface area contributed by atoms with Gasteiger partial charge in [0.15, 0.2) is 0 Å². The third kappa shape index (κ3) is 12.7. The third-order valence-electron chi connectivity index (χ3n) is 2.26. The lowest BCUT2D eigenvalue weighted by molar-refractivity contribution is -0.140. The molecule has 0 saturated carbocycles. The van der Waals surface area contributed by atoms with Crippen LogP contribution in [0.25, 0.3) is 0 Å². The zero-order chi connectivity index (χ0) is 12.9. The smallest absolute Gasteiger partial charge is 0.310 e. The van der Waals surface area contributed by atoms with Crippen molar-refractivity contribution in [3.8, 4) is 0 Å². The van der Waals surface area contributed by atoms with Gasteiger partial charge in [-0.25, -0.2) is 0 Å². The van der Waals surface area contributed by atoms with Crippen LogP contribution in [0.5, 0.6) is 0 Å². The molecule has 0 rings (SSSR count). The summed E-state index contributed by atoms with van der Waals surface area (Å²) in [6.07, 6.45) is 13.6. The van der Waals surface area contributed by atoms with Gasteiger partial charge in [-0.3, -0.25) is 4.79 Å². The summed E-state index contributed by atoms with van der Waals surface area (Å²) in [5, 5.41) is 9.13. The van der Waals surface area contributed by atoms with Gasteiger partial charge in [0.05, 0.1) is 0 Å². The van der Waals surface area contributed by atoms with E-state index in [-0.39, 0.29) is 5.95 Å². The van der Waals surface area contributed by atoms with Crippen molar-refractivity contribution in [2.24, 2.45) is 0 Å². The van der Waals surface area contributed by atoms with E-state index in [1.54, 1.807) is 6.08 Å². The Morgan fingerprint density at radius 3 is 2.41 bits per heavy atom. The van der Waals surface area contributed by atoms with Gasteiger partial charge >= 0.3 is 5.97 Å². The van der Waals surface area contributed by atoms with Crippen LogP contribution in [0.15, 0.2) is 24.2 Å². The number of aliphatic hydroxyl groups excluding tert-OH is 1. The minimum Gasteiger partial charge on any atom is -0.481 e. The number of hydrogen-bond donors (Lipinski definition) is 1. The van der Waals surface area contributed by atoms with Crippen molar-refractivity contribution in [3.63, 3.8) is 0 Å². The lowest BCUT2D eigenvalue weighted by atomic mass is 10.1. The molecule has 0 amide bonds. The van der Waals surface area contributed by atoms with E-state index in [1.165, 1.54) is 26.2 Å². The number of unbranched alkanes of at least 4 members (excludes halogenated alkanes) is 5. The van der Waals surface area contributed by atoms with Crippen LogP contribution in [0.3, 0.4) is 0 Å². The normalized spacial score (nSPS) is 12.0. The molecule has 0 aliphatic heterocycles. The van der Waals surface area contributed by atoms with Crippen molar-refractivity contribution in [1.82, 2.24) is 0 Å². The van der Waals surface area contributed by atoms with E-state index >= 15 is 0 Å². The summed E-state index contributed by atoms with van der Waals surface area (Å²) in [4.78, 5) is 10.5. The average molecular weight is 240 g/mol. The molecule has 0 bridgehead atoms. The van der Waals surface area contributed by atoms with Crippen molar-refractivity contribution in [2.75, 3.05) is 0 Å². The number of esters is 1. The van der Waals surface area contributed by atoms with Crippen LogP contribution in [0.2, 0.25) is 0 Å². The van der Waals surface area contributed by atoms with Crippen molar-refractivity contribution in [2.45, 2.75) is 58.8 Å². The van der Waals surface area contributed by atoms with Gasteiger partial charge in [-0.2, -0.15) is 0 Å². The number of hydrogen-bond acceptors (Lipinski definition) is 3. The minimum absolute atomic E-state index is 0.277. The number of ether oxygens (including phenoxy) is 1. The van der Waals surface area contributed by atoms with E-state index in [1.807, 2.05) is 0 Å². The van der Waals surface area contributed by atoms with Crippen LogP contribution in [0.4, 0.5) is 0 Å². The lowest BCUT2D eigenvalue weighted by Gasteiger charge is -1.99. The van der Waals surface area contributed by atoms with E-state index in [2.05, 4.69) is 23.8 Å². The molecule has 0 aliphatic carbocycles. The third-order valence-corrected chi connectivity index (χ3v) is 2.26. The van der Waals surface area contributed by atoms with Gasteiger partial charge in [0.25, 0.3) is 5.95 Å². The van der Waals surface area contributed by atoms with E-state index in [9.17, 15) is 4.79 Å². The Morgan fingerprint density at radius 1 is 1.12 bits per heavy atom. The molecular weight excluding hydrogens is 216 g/mol. The van der Waals surface area contributed by atoms with Crippen LogP contribution in [0.1, 0.15) is 58.8 Å². The molecule has 0 aromatic rings. The summed E-state index contributed by atoms with van der Waals surface area (Å²) in [5.74, 6) is -0.764. The van der Waals surface area contributed by atoms with Crippen molar-refractivity contribution >= 4 is 5.97 Å². The second-order valence-corrected chi connectivity index (χ2v) is 4.03. The van der Waals surface area contributed by atoms with Crippen molar-refractivity contribution < 1.29 is 14.6 Å². The Morgan fingerprint density at radius 2 is 1.76 bits per heavy atom. The highest BCUT2D eigenvalue weighted by Gasteiger charge is 1.96. The molecule has 0 aromatic heterocycles. The standard InChI is InChI=1S/C14H24O3/c1-3-4-5-6-7-8-9-10-11-12-14(16)17-13(2)15/h5-6,12,16H,3-4,7-11H2,1-2H3/b6-5+,14-12+. The molecular formula is C14H24O3. The maximum absolute atomic E-state index is 10.5. The first-order chi connectivity index (χ1) is 8.16. The molecule has 0 heterocycles. The Labute approximate surface area is 104 Å². The first kappa shape index (κ1) is 15.8. The van der Waals surface area contributed by atoms with Gasteiger partial charge in [-0.15, -0.1) is 0 Å². The zero-order valence-corrected chi connectivity index (χ0v) is 10.9.